The Bertz CT molecular complexity index is 598. The van der Waals surface area contributed by atoms with E-state index >= 15 is 0 Å². The molecule has 0 unspecified atom stereocenters. The van der Waals surface area contributed by atoms with Gasteiger partial charge in [0, 0.05) is 16.5 Å². The van der Waals surface area contributed by atoms with Crippen LogP contribution in [0.15, 0.2) is 40.2 Å². The predicted molar refractivity (Wildman–Crippen MR) is 83.4 cm³/mol. The monoisotopic (exact) mass is 355 g/mol. The Morgan fingerprint density at radius 3 is 2.70 bits per heavy atom. The van der Waals surface area contributed by atoms with Gasteiger partial charge in [-0.1, -0.05) is 6.07 Å². The Labute approximate surface area is 130 Å². The van der Waals surface area contributed by atoms with Crippen molar-refractivity contribution in [1.82, 2.24) is 4.90 Å². The second-order valence-corrected chi connectivity index (χ2v) is 6.62. The molecule has 20 heavy (non-hydrogen) atoms. The molecule has 0 saturated carbocycles. The summed E-state index contributed by atoms with van der Waals surface area (Å²) in [6.07, 6.45) is 0. The molecule has 2 rings (SSSR count). The number of hydrogen-bond donors (Lipinski definition) is 0. The van der Waals surface area contributed by atoms with Crippen LogP contribution in [0, 0.1) is 5.82 Å². The van der Waals surface area contributed by atoms with E-state index in [-0.39, 0.29) is 17.8 Å². The van der Waals surface area contributed by atoms with Crippen LogP contribution >= 0.6 is 27.3 Å². The fourth-order valence-electron chi connectivity index (χ4n) is 1.85. The largest absolute Gasteiger partial charge is 0.331 e. The summed E-state index contributed by atoms with van der Waals surface area (Å²) in [6.45, 7) is 4.53. The van der Waals surface area contributed by atoms with Crippen LogP contribution in [0.4, 0.5) is 4.39 Å². The third-order valence-corrected chi connectivity index (χ3v) is 4.43. The van der Waals surface area contributed by atoms with Gasteiger partial charge in [-0.25, -0.2) is 4.39 Å². The second-order valence-electron chi connectivity index (χ2n) is 4.74. The van der Waals surface area contributed by atoms with Crippen LogP contribution in [0.5, 0.6) is 0 Å². The molecule has 0 aliphatic rings. The molecule has 2 nitrogen and oxygen atoms in total. The SMILES string of the molecule is CC(C)N(Cc1cccs1)C(=O)c1ccc(F)c(Br)c1. The lowest BCUT2D eigenvalue weighted by Gasteiger charge is -2.26. The smallest absolute Gasteiger partial charge is 0.254 e. The molecule has 0 aliphatic heterocycles. The van der Waals surface area contributed by atoms with E-state index in [4.69, 9.17) is 0 Å². The maximum absolute atomic E-state index is 13.3. The van der Waals surface area contributed by atoms with Gasteiger partial charge in [0.2, 0.25) is 0 Å². The van der Waals surface area contributed by atoms with Crippen LogP contribution in [0.1, 0.15) is 29.1 Å². The first-order valence-electron chi connectivity index (χ1n) is 6.27. The van der Waals surface area contributed by atoms with E-state index in [0.29, 0.717) is 16.6 Å². The molecular formula is C15H15BrFNOS. The molecule has 0 N–H and O–H groups in total. The van der Waals surface area contributed by atoms with Crippen molar-refractivity contribution in [2.24, 2.45) is 0 Å². The van der Waals surface area contributed by atoms with Gasteiger partial charge in [-0.2, -0.15) is 0 Å². The topological polar surface area (TPSA) is 20.3 Å². The summed E-state index contributed by atoms with van der Waals surface area (Å²) in [5, 5.41) is 1.99. The van der Waals surface area contributed by atoms with Gasteiger partial charge in [0.25, 0.3) is 5.91 Å². The molecule has 1 aromatic carbocycles. The van der Waals surface area contributed by atoms with Crippen LogP contribution < -0.4 is 0 Å². The third-order valence-electron chi connectivity index (χ3n) is 2.96. The first-order valence-corrected chi connectivity index (χ1v) is 7.94. The summed E-state index contributed by atoms with van der Waals surface area (Å²) in [7, 11) is 0. The number of thiophene rings is 1. The highest BCUT2D eigenvalue weighted by molar-refractivity contribution is 9.10. The van der Waals surface area contributed by atoms with E-state index in [1.165, 1.54) is 18.2 Å². The molecule has 1 heterocycles. The number of halogens is 2. The van der Waals surface area contributed by atoms with Crippen molar-refractivity contribution in [1.29, 1.82) is 0 Å². The lowest BCUT2D eigenvalue weighted by molar-refractivity contribution is 0.0692. The van der Waals surface area contributed by atoms with Crippen molar-refractivity contribution < 1.29 is 9.18 Å². The van der Waals surface area contributed by atoms with E-state index in [0.717, 1.165) is 4.88 Å². The predicted octanol–water partition coefficient (Wildman–Crippen LogP) is 4.70. The summed E-state index contributed by atoms with van der Waals surface area (Å²) >= 11 is 4.74. The molecular weight excluding hydrogens is 341 g/mol. The van der Waals surface area contributed by atoms with Gasteiger partial charge < -0.3 is 4.90 Å². The average molecular weight is 356 g/mol. The highest BCUT2D eigenvalue weighted by atomic mass is 79.9. The van der Waals surface area contributed by atoms with E-state index in [1.807, 2.05) is 31.4 Å². The summed E-state index contributed by atoms with van der Waals surface area (Å²) < 4.78 is 13.6. The number of amides is 1. The van der Waals surface area contributed by atoms with Crippen LogP contribution in [-0.4, -0.2) is 16.8 Å². The molecule has 0 aliphatic carbocycles. The molecule has 0 spiro atoms. The van der Waals surface area contributed by atoms with E-state index in [1.54, 1.807) is 16.2 Å². The van der Waals surface area contributed by atoms with Crippen molar-refractivity contribution in [2.75, 3.05) is 0 Å². The van der Waals surface area contributed by atoms with E-state index in [2.05, 4.69) is 15.9 Å². The number of carbonyl (C=O) groups excluding carboxylic acids is 1. The van der Waals surface area contributed by atoms with Crippen molar-refractivity contribution >= 4 is 33.2 Å². The molecule has 0 fully saturated rings. The van der Waals surface area contributed by atoms with Gasteiger partial charge in [-0.3, -0.25) is 4.79 Å². The molecule has 0 bridgehead atoms. The minimum atomic E-state index is -0.365. The summed E-state index contributed by atoms with van der Waals surface area (Å²) in [5.74, 6) is -0.454. The maximum Gasteiger partial charge on any atom is 0.254 e. The van der Waals surface area contributed by atoms with Crippen molar-refractivity contribution in [3.8, 4) is 0 Å². The van der Waals surface area contributed by atoms with Crippen LogP contribution in [0.3, 0.4) is 0 Å². The summed E-state index contributed by atoms with van der Waals surface area (Å²) in [5.41, 5.74) is 0.489. The number of carbonyl (C=O) groups is 1. The lowest BCUT2D eigenvalue weighted by atomic mass is 10.1. The zero-order valence-corrected chi connectivity index (χ0v) is 13.7. The molecule has 0 saturated heterocycles. The Hall–Kier alpha value is -1.20. The van der Waals surface area contributed by atoms with Gasteiger partial charge in [0.05, 0.1) is 11.0 Å². The zero-order valence-electron chi connectivity index (χ0n) is 11.3. The minimum Gasteiger partial charge on any atom is -0.331 e. The minimum absolute atomic E-state index is 0.0772. The molecule has 0 radical (unpaired) electrons. The van der Waals surface area contributed by atoms with Gasteiger partial charge in [-0.15, -0.1) is 11.3 Å². The van der Waals surface area contributed by atoms with Crippen LogP contribution in [0.25, 0.3) is 0 Å². The number of benzene rings is 1. The van der Waals surface area contributed by atoms with Crippen molar-refractivity contribution in [3.63, 3.8) is 0 Å². The first kappa shape index (κ1) is 15.2. The van der Waals surface area contributed by atoms with E-state index in [9.17, 15) is 9.18 Å². The highest BCUT2D eigenvalue weighted by Crippen LogP contribution is 2.21. The molecule has 1 aromatic heterocycles. The van der Waals surface area contributed by atoms with Crippen LogP contribution in [0.2, 0.25) is 0 Å². The third kappa shape index (κ3) is 3.46. The number of nitrogens with zero attached hydrogens (tertiary/aromatic N) is 1. The summed E-state index contributed by atoms with van der Waals surface area (Å²) in [6, 6.07) is 8.41. The van der Waals surface area contributed by atoms with Gasteiger partial charge in [0.1, 0.15) is 5.82 Å². The van der Waals surface area contributed by atoms with Gasteiger partial charge in [0.15, 0.2) is 0 Å². The summed E-state index contributed by atoms with van der Waals surface area (Å²) in [4.78, 5) is 15.5. The second kappa shape index (κ2) is 6.50. The Balaban J connectivity index is 2.24. The normalized spacial score (nSPS) is 10.8. The van der Waals surface area contributed by atoms with E-state index < -0.39 is 0 Å². The fourth-order valence-corrected chi connectivity index (χ4v) is 2.94. The first-order chi connectivity index (χ1) is 9.49. The Kier molecular flexibility index (Phi) is 4.94. The highest BCUT2D eigenvalue weighted by Gasteiger charge is 2.20. The maximum atomic E-state index is 13.3. The fraction of sp³-hybridized carbons (Fsp3) is 0.267. The molecule has 0 atom stereocenters. The van der Waals surface area contributed by atoms with Crippen molar-refractivity contribution in [2.45, 2.75) is 26.4 Å². The molecule has 5 heteroatoms. The standard InChI is InChI=1S/C15H15BrFNOS/c1-10(2)18(9-12-4-3-7-20-12)15(19)11-5-6-14(17)13(16)8-11/h3-8,10H,9H2,1-2H3. The lowest BCUT2D eigenvalue weighted by Crippen LogP contribution is -2.36. The average Bonchev–Trinajstić information content (AvgIpc) is 2.91. The zero-order chi connectivity index (χ0) is 14.7. The quantitative estimate of drug-likeness (QED) is 0.778. The molecule has 2 aromatic rings. The molecule has 1 amide bonds. The van der Waals surface area contributed by atoms with Gasteiger partial charge in [-0.05, 0) is 59.4 Å². The van der Waals surface area contributed by atoms with Crippen LogP contribution in [-0.2, 0) is 6.54 Å². The molecule has 106 valence electrons. The number of rotatable bonds is 4. The van der Waals surface area contributed by atoms with Crippen molar-refractivity contribution in [3.05, 3.63) is 56.4 Å². The Morgan fingerprint density at radius 2 is 2.15 bits per heavy atom. The Morgan fingerprint density at radius 1 is 1.40 bits per heavy atom. The van der Waals surface area contributed by atoms with Gasteiger partial charge >= 0.3 is 0 Å². The number of hydrogen-bond acceptors (Lipinski definition) is 2.